The highest BCUT2D eigenvalue weighted by atomic mass is 16.4. The maximum absolute atomic E-state index is 12.2. The predicted molar refractivity (Wildman–Crippen MR) is 78.6 cm³/mol. The Morgan fingerprint density at radius 1 is 1.48 bits per heavy atom. The lowest BCUT2D eigenvalue weighted by Crippen LogP contribution is -2.49. The van der Waals surface area contributed by atoms with Crippen molar-refractivity contribution in [2.45, 2.75) is 39.2 Å². The van der Waals surface area contributed by atoms with Gasteiger partial charge in [0.15, 0.2) is 0 Å². The van der Waals surface area contributed by atoms with Crippen LogP contribution in [0, 0.1) is 12.8 Å². The van der Waals surface area contributed by atoms with Gasteiger partial charge in [-0.3, -0.25) is 4.79 Å². The first-order chi connectivity index (χ1) is 10.0. The zero-order chi connectivity index (χ0) is 15.4. The molecule has 2 heterocycles. The molecule has 5 nitrogen and oxygen atoms in total. The molecule has 1 aliphatic heterocycles. The number of aryl methyl sites for hydroxylation is 1. The molecule has 1 saturated heterocycles. The molecule has 0 saturated carbocycles. The summed E-state index contributed by atoms with van der Waals surface area (Å²) in [5.41, 5.74) is 0. The average molecular weight is 291 g/mol. The summed E-state index contributed by atoms with van der Waals surface area (Å²) in [7, 11) is 0. The number of rotatable bonds is 4. The molecule has 1 aromatic rings. The van der Waals surface area contributed by atoms with E-state index in [1.54, 1.807) is 12.1 Å². The smallest absolute Gasteiger partial charge is 0.326 e. The van der Waals surface area contributed by atoms with Gasteiger partial charge >= 0.3 is 5.97 Å². The van der Waals surface area contributed by atoms with Crippen molar-refractivity contribution in [2.24, 2.45) is 5.92 Å². The molecule has 1 amide bonds. The topological polar surface area (TPSA) is 70.8 Å². The van der Waals surface area contributed by atoms with Crippen molar-refractivity contribution in [1.29, 1.82) is 0 Å². The second kappa shape index (κ2) is 6.61. The number of carboxylic acid groups (broad SMARTS) is 1. The van der Waals surface area contributed by atoms with Crippen LogP contribution in [0.4, 0.5) is 0 Å². The fourth-order valence-electron chi connectivity index (χ4n) is 2.70. The fourth-order valence-corrected chi connectivity index (χ4v) is 2.70. The molecule has 1 N–H and O–H groups in total. The van der Waals surface area contributed by atoms with Crippen LogP contribution < -0.4 is 0 Å². The van der Waals surface area contributed by atoms with Gasteiger partial charge in [-0.2, -0.15) is 0 Å². The van der Waals surface area contributed by atoms with Crippen LogP contribution in [-0.2, 0) is 9.59 Å². The third-order valence-corrected chi connectivity index (χ3v) is 4.01. The number of nitrogens with zero attached hydrogens (tertiary/aromatic N) is 1. The SMILES string of the molecule is CCC1CCN(C(=O)/C=C/c2ccc(C)o2)C(C(=O)O)C1. The first kappa shape index (κ1) is 15.4. The molecule has 0 spiro atoms. The van der Waals surface area contributed by atoms with Gasteiger partial charge in [-0.15, -0.1) is 0 Å². The Labute approximate surface area is 124 Å². The molecule has 5 heteroatoms. The Bertz CT molecular complexity index is 546. The molecule has 2 atom stereocenters. The van der Waals surface area contributed by atoms with Crippen molar-refractivity contribution in [3.8, 4) is 0 Å². The normalized spacial score (nSPS) is 22.7. The first-order valence-electron chi connectivity index (χ1n) is 7.29. The highest BCUT2D eigenvalue weighted by molar-refractivity contribution is 5.94. The summed E-state index contributed by atoms with van der Waals surface area (Å²) in [6.45, 7) is 4.38. The van der Waals surface area contributed by atoms with Crippen LogP contribution in [0.15, 0.2) is 22.6 Å². The van der Waals surface area contributed by atoms with Crippen LogP contribution in [0.1, 0.15) is 37.7 Å². The van der Waals surface area contributed by atoms with Gasteiger partial charge in [0.2, 0.25) is 5.91 Å². The second-order valence-electron chi connectivity index (χ2n) is 5.47. The number of hydrogen-bond acceptors (Lipinski definition) is 3. The van der Waals surface area contributed by atoms with Gasteiger partial charge in [0.25, 0.3) is 0 Å². The molecule has 1 aromatic heterocycles. The van der Waals surface area contributed by atoms with Gasteiger partial charge in [0, 0.05) is 12.6 Å². The van der Waals surface area contributed by atoms with Crippen molar-refractivity contribution in [1.82, 2.24) is 4.90 Å². The number of aliphatic carboxylic acids is 1. The summed E-state index contributed by atoms with van der Waals surface area (Å²) in [5, 5.41) is 9.32. The fraction of sp³-hybridized carbons (Fsp3) is 0.500. The van der Waals surface area contributed by atoms with Crippen LogP contribution in [0.2, 0.25) is 0 Å². The summed E-state index contributed by atoms with van der Waals surface area (Å²) in [6.07, 6.45) is 5.32. The van der Waals surface area contributed by atoms with Gasteiger partial charge in [-0.05, 0) is 43.9 Å². The third kappa shape index (κ3) is 3.74. The number of carbonyl (C=O) groups is 2. The zero-order valence-corrected chi connectivity index (χ0v) is 12.4. The Balaban J connectivity index is 2.06. The molecule has 0 radical (unpaired) electrons. The Hall–Kier alpha value is -2.04. The first-order valence-corrected chi connectivity index (χ1v) is 7.29. The second-order valence-corrected chi connectivity index (χ2v) is 5.47. The van der Waals surface area contributed by atoms with Crippen LogP contribution in [0.25, 0.3) is 6.08 Å². The highest BCUT2D eigenvalue weighted by Gasteiger charge is 2.34. The van der Waals surface area contributed by atoms with Gasteiger partial charge < -0.3 is 14.4 Å². The molecule has 2 unspecified atom stereocenters. The molecule has 21 heavy (non-hydrogen) atoms. The van der Waals surface area contributed by atoms with Gasteiger partial charge in [-0.1, -0.05) is 13.3 Å². The number of furan rings is 1. The molecule has 2 rings (SSSR count). The Kier molecular flexibility index (Phi) is 4.83. The minimum atomic E-state index is -0.927. The molecule has 0 aliphatic carbocycles. The predicted octanol–water partition coefficient (Wildman–Crippen LogP) is 2.70. The van der Waals surface area contributed by atoms with Crippen molar-refractivity contribution >= 4 is 18.0 Å². The summed E-state index contributed by atoms with van der Waals surface area (Å²) in [4.78, 5) is 25.0. The van der Waals surface area contributed by atoms with Crippen molar-refractivity contribution in [3.05, 3.63) is 29.7 Å². The lowest BCUT2D eigenvalue weighted by molar-refractivity contribution is -0.151. The van der Waals surface area contributed by atoms with Gasteiger partial charge in [0.05, 0.1) is 0 Å². The van der Waals surface area contributed by atoms with E-state index in [1.807, 2.05) is 13.0 Å². The summed E-state index contributed by atoms with van der Waals surface area (Å²) in [6, 6.07) is 2.87. The van der Waals surface area contributed by atoms with Gasteiger partial charge in [-0.25, -0.2) is 4.79 Å². The molecule has 114 valence electrons. The molecule has 1 fully saturated rings. The monoisotopic (exact) mass is 291 g/mol. The van der Waals surface area contributed by atoms with Crippen LogP contribution >= 0.6 is 0 Å². The van der Waals surface area contributed by atoms with Gasteiger partial charge in [0.1, 0.15) is 17.6 Å². The quantitative estimate of drug-likeness (QED) is 0.866. The molecule has 0 aromatic carbocycles. The maximum atomic E-state index is 12.2. The van der Waals surface area contributed by atoms with Crippen molar-refractivity contribution in [3.63, 3.8) is 0 Å². The number of carboxylic acids is 1. The minimum absolute atomic E-state index is 0.272. The average Bonchev–Trinajstić information content (AvgIpc) is 2.89. The third-order valence-electron chi connectivity index (χ3n) is 4.01. The van der Waals surface area contributed by atoms with E-state index in [0.717, 1.165) is 18.6 Å². The van der Waals surface area contributed by atoms with Crippen molar-refractivity contribution < 1.29 is 19.1 Å². The van der Waals surface area contributed by atoms with E-state index in [2.05, 4.69) is 6.92 Å². The van der Waals surface area contributed by atoms with E-state index < -0.39 is 12.0 Å². The maximum Gasteiger partial charge on any atom is 0.326 e. The molecule has 1 aliphatic rings. The van der Waals surface area contributed by atoms with E-state index in [9.17, 15) is 14.7 Å². The highest BCUT2D eigenvalue weighted by Crippen LogP contribution is 2.26. The molecule has 0 bridgehead atoms. The molecular weight excluding hydrogens is 270 g/mol. The number of carbonyl (C=O) groups excluding carboxylic acids is 1. The van der Waals surface area contributed by atoms with Crippen LogP contribution in [0.5, 0.6) is 0 Å². The summed E-state index contributed by atoms with van der Waals surface area (Å²) >= 11 is 0. The Morgan fingerprint density at radius 2 is 2.24 bits per heavy atom. The van der Waals surface area contributed by atoms with E-state index >= 15 is 0 Å². The number of hydrogen-bond donors (Lipinski definition) is 1. The Morgan fingerprint density at radius 3 is 2.81 bits per heavy atom. The number of likely N-dealkylation sites (tertiary alicyclic amines) is 1. The number of amides is 1. The summed E-state index contributed by atoms with van der Waals surface area (Å²) in [5.74, 6) is 0.548. The largest absolute Gasteiger partial charge is 0.480 e. The minimum Gasteiger partial charge on any atom is -0.480 e. The van der Waals surface area contributed by atoms with E-state index in [4.69, 9.17) is 4.42 Å². The summed E-state index contributed by atoms with van der Waals surface area (Å²) < 4.78 is 5.36. The standard InChI is InChI=1S/C16H21NO4/c1-3-12-8-9-17(14(10-12)16(19)20)15(18)7-6-13-5-4-11(2)21-13/h4-7,12,14H,3,8-10H2,1-2H3,(H,19,20)/b7-6+. The van der Waals surface area contributed by atoms with E-state index in [1.165, 1.54) is 11.0 Å². The lowest BCUT2D eigenvalue weighted by atomic mass is 9.89. The lowest BCUT2D eigenvalue weighted by Gasteiger charge is -2.36. The zero-order valence-electron chi connectivity index (χ0n) is 12.4. The molecular formula is C16H21NO4. The van der Waals surface area contributed by atoms with E-state index in [0.29, 0.717) is 24.6 Å². The number of piperidine rings is 1. The van der Waals surface area contributed by atoms with Crippen LogP contribution in [0.3, 0.4) is 0 Å². The van der Waals surface area contributed by atoms with Crippen molar-refractivity contribution in [2.75, 3.05) is 6.54 Å². The van der Waals surface area contributed by atoms with Crippen LogP contribution in [-0.4, -0.2) is 34.5 Å². The van der Waals surface area contributed by atoms with E-state index in [-0.39, 0.29) is 5.91 Å².